The van der Waals surface area contributed by atoms with E-state index in [1.807, 2.05) is 20.8 Å². The second kappa shape index (κ2) is 5.30. The van der Waals surface area contributed by atoms with E-state index in [1.165, 1.54) is 23.7 Å². The van der Waals surface area contributed by atoms with Gasteiger partial charge < -0.3 is 5.32 Å². The highest BCUT2D eigenvalue weighted by Gasteiger charge is 2.15. The van der Waals surface area contributed by atoms with E-state index in [-0.39, 0.29) is 5.54 Å². The summed E-state index contributed by atoms with van der Waals surface area (Å²) in [5.41, 5.74) is 0.895. The van der Waals surface area contributed by atoms with Gasteiger partial charge in [-0.2, -0.15) is 0 Å². The van der Waals surface area contributed by atoms with Crippen molar-refractivity contribution in [3.63, 3.8) is 0 Å². The third-order valence-electron chi connectivity index (χ3n) is 2.47. The van der Waals surface area contributed by atoms with Gasteiger partial charge in [0.2, 0.25) is 0 Å². The molecule has 0 atom stereocenters. The summed E-state index contributed by atoms with van der Waals surface area (Å²) >= 11 is 1.23. The summed E-state index contributed by atoms with van der Waals surface area (Å²) in [6, 6.07) is 3.37. The molecule has 2 rings (SSSR count). The fourth-order valence-electron chi connectivity index (χ4n) is 1.58. The largest absolute Gasteiger partial charge is 0.307 e. The molecule has 1 aromatic carbocycles. The fourth-order valence-corrected chi connectivity index (χ4v) is 2.18. The minimum absolute atomic E-state index is 0.0472. The lowest BCUT2D eigenvalue weighted by atomic mass is 10.1. The molecule has 102 valence electrons. The minimum atomic E-state index is -0.613. The lowest BCUT2D eigenvalue weighted by Gasteiger charge is -2.19. The maximum atomic E-state index is 13.2. The summed E-state index contributed by atoms with van der Waals surface area (Å²) in [7, 11) is 0. The first kappa shape index (κ1) is 14.0. The van der Waals surface area contributed by atoms with Crippen LogP contribution in [0.2, 0.25) is 0 Å². The minimum Gasteiger partial charge on any atom is -0.307 e. The van der Waals surface area contributed by atoms with Crippen molar-refractivity contribution in [2.45, 2.75) is 32.9 Å². The Morgan fingerprint density at radius 1 is 1.16 bits per heavy atom. The van der Waals surface area contributed by atoms with Crippen molar-refractivity contribution in [2.75, 3.05) is 0 Å². The standard InChI is InChI=1S/C13H15F2N3S/c1-13(2,3)16-7-11-12(17-18-19-11)8-4-9(14)6-10(15)5-8/h4-6,16H,7H2,1-3H3. The van der Waals surface area contributed by atoms with E-state index in [9.17, 15) is 8.78 Å². The molecule has 1 heterocycles. The first-order valence-electron chi connectivity index (χ1n) is 5.88. The fraction of sp³-hybridized carbons (Fsp3) is 0.385. The van der Waals surface area contributed by atoms with Gasteiger partial charge in [0.1, 0.15) is 17.3 Å². The molecule has 0 radical (unpaired) electrons. The van der Waals surface area contributed by atoms with Crippen LogP contribution in [-0.4, -0.2) is 15.1 Å². The molecular weight excluding hydrogens is 268 g/mol. The molecule has 0 aliphatic rings. The van der Waals surface area contributed by atoms with Crippen molar-refractivity contribution >= 4 is 11.5 Å². The molecule has 3 nitrogen and oxygen atoms in total. The zero-order valence-corrected chi connectivity index (χ0v) is 11.8. The van der Waals surface area contributed by atoms with Crippen molar-refractivity contribution in [3.8, 4) is 11.3 Å². The van der Waals surface area contributed by atoms with E-state index >= 15 is 0 Å². The monoisotopic (exact) mass is 283 g/mol. The maximum absolute atomic E-state index is 13.2. The van der Waals surface area contributed by atoms with Crippen LogP contribution in [0.25, 0.3) is 11.3 Å². The second-order valence-corrected chi connectivity index (χ2v) is 6.15. The van der Waals surface area contributed by atoms with Crippen molar-refractivity contribution in [3.05, 3.63) is 34.7 Å². The molecule has 0 spiro atoms. The number of benzene rings is 1. The van der Waals surface area contributed by atoms with E-state index in [1.54, 1.807) is 0 Å². The topological polar surface area (TPSA) is 37.8 Å². The van der Waals surface area contributed by atoms with Gasteiger partial charge in [-0.15, -0.1) is 5.10 Å². The highest BCUT2D eigenvalue weighted by atomic mass is 32.1. The van der Waals surface area contributed by atoms with Crippen LogP contribution in [0.15, 0.2) is 18.2 Å². The van der Waals surface area contributed by atoms with E-state index in [4.69, 9.17) is 0 Å². The lowest BCUT2D eigenvalue weighted by molar-refractivity contribution is 0.426. The van der Waals surface area contributed by atoms with Gasteiger partial charge in [-0.05, 0) is 44.4 Å². The molecule has 1 N–H and O–H groups in total. The second-order valence-electron chi connectivity index (χ2n) is 5.31. The Morgan fingerprint density at radius 2 is 1.79 bits per heavy atom. The molecule has 0 unspecified atom stereocenters. The zero-order valence-electron chi connectivity index (χ0n) is 11.0. The molecule has 0 saturated heterocycles. The van der Waals surface area contributed by atoms with Crippen molar-refractivity contribution in [1.29, 1.82) is 0 Å². The number of hydrogen-bond donors (Lipinski definition) is 1. The number of aromatic nitrogens is 2. The molecule has 0 amide bonds. The molecule has 2 aromatic rings. The van der Waals surface area contributed by atoms with Crippen LogP contribution in [0.5, 0.6) is 0 Å². The SMILES string of the molecule is CC(C)(C)NCc1snnc1-c1cc(F)cc(F)c1. The van der Waals surface area contributed by atoms with Gasteiger partial charge in [0, 0.05) is 23.7 Å². The summed E-state index contributed by atoms with van der Waals surface area (Å²) in [4.78, 5) is 0.861. The first-order valence-corrected chi connectivity index (χ1v) is 6.65. The molecule has 0 saturated carbocycles. The molecular formula is C13H15F2N3S. The van der Waals surface area contributed by atoms with Gasteiger partial charge in [-0.25, -0.2) is 8.78 Å². The van der Waals surface area contributed by atoms with Crippen LogP contribution in [0.4, 0.5) is 8.78 Å². The van der Waals surface area contributed by atoms with Gasteiger partial charge >= 0.3 is 0 Å². The van der Waals surface area contributed by atoms with Gasteiger partial charge in [-0.1, -0.05) is 4.49 Å². The Balaban J connectivity index is 2.28. The summed E-state index contributed by atoms with van der Waals surface area (Å²) < 4.78 is 30.3. The first-order chi connectivity index (χ1) is 8.85. The number of hydrogen-bond acceptors (Lipinski definition) is 4. The highest BCUT2D eigenvalue weighted by molar-refractivity contribution is 7.05. The maximum Gasteiger partial charge on any atom is 0.126 e. The predicted octanol–water partition coefficient (Wildman–Crippen LogP) is 3.37. The predicted molar refractivity (Wildman–Crippen MR) is 71.9 cm³/mol. The Kier molecular flexibility index (Phi) is 3.91. The molecule has 1 aromatic heterocycles. The highest BCUT2D eigenvalue weighted by Crippen LogP contribution is 2.25. The van der Waals surface area contributed by atoms with E-state index in [2.05, 4.69) is 14.9 Å². The summed E-state index contributed by atoms with van der Waals surface area (Å²) in [6.07, 6.45) is 0. The number of rotatable bonds is 3. The van der Waals surface area contributed by atoms with Gasteiger partial charge in [0.15, 0.2) is 0 Å². The smallest absolute Gasteiger partial charge is 0.126 e. The summed E-state index contributed by atoms with van der Waals surface area (Å²) in [5, 5.41) is 7.27. The lowest BCUT2D eigenvalue weighted by Crippen LogP contribution is -2.34. The van der Waals surface area contributed by atoms with Crippen LogP contribution >= 0.6 is 11.5 Å². The summed E-state index contributed by atoms with van der Waals surface area (Å²) in [6.45, 7) is 6.70. The van der Waals surface area contributed by atoms with Crippen LogP contribution in [0, 0.1) is 11.6 Å². The molecule has 6 heteroatoms. The quantitative estimate of drug-likeness (QED) is 0.938. The van der Waals surface area contributed by atoms with Gasteiger partial charge in [0.05, 0.1) is 4.88 Å². The number of nitrogens with zero attached hydrogens (tertiary/aromatic N) is 2. The third-order valence-corrected chi connectivity index (χ3v) is 3.19. The Hall–Kier alpha value is -1.40. The molecule has 0 aliphatic carbocycles. The van der Waals surface area contributed by atoms with Gasteiger partial charge in [0.25, 0.3) is 0 Å². The van der Waals surface area contributed by atoms with E-state index in [0.29, 0.717) is 17.8 Å². The zero-order chi connectivity index (χ0) is 14.0. The van der Waals surface area contributed by atoms with Crippen molar-refractivity contribution in [1.82, 2.24) is 14.9 Å². The Bertz CT molecular complexity index is 555. The summed E-state index contributed by atoms with van der Waals surface area (Å²) in [5.74, 6) is -1.23. The number of nitrogens with one attached hydrogen (secondary N) is 1. The molecule has 0 bridgehead atoms. The van der Waals surface area contributed by atoms with Crippen LogP contribution in [-0.2, 0) is 6.54 Å². The van der Waals surface area contributed by atoms with Gasteiger partial charge in [-0.3, -0.25) is 0 Å². The average molecular weight is 283 g/mol. The Morgan fingerprint density at radius 3 is 2.37 bits per heavy atom. The van der Waals surface area contributed by atoms with E-state index < -0.39 is 11.6 Å². The van der Waals surface area contributed by atoms with Crippen LogP contribution < -0.4 is 5.32 Å². The molecule has 19 heavy (non-hydrogen) atoms. The number of halogens is 2. The van der Waals surface area contributed by atoms with Crippen LogP contribution in [0.1, 0.15) is 25.6 Å². The van der Waals surface area contributed by atoms with Crippen molar-refractivity contribution < 1.29 is 8.78 Å². The van der Waals surface area contributed by atoms with Crippen LogP contribution in [0.3, 0.4) is 0 Å². The molecule has 0 fully saturated rings. The molecule has 0 aliphatic heterocycles. The third kappa shape index (κ3) is 3.78. The van der Waals surface area contributed by atoms with Crippen molar-refractivity contribution in [2.24, 2.45) is 0 Å². The van der Waals surface area contributed by atoms with E-state index in [0.717, 1.165) is 10.9 Å². The normalized spacial score (nSPS) is 11.8. The Labute approximate surface area is 114 Å². The average Bonchev–Trinajstić information content (AvgIpc) is 2.72.